The Morgan fingerprint density at radius 3 is 2.48 bits per heavy atom. The summed E-state index contributed by atoms with van der Waals surface area (Å²) in [5, 5.41) is 2.54. The minimum absolute atomic E-state index is 0.113. The summed E-state index contributed by atoms with van der Waals surface area (Å²) in [6.45, 7) is 1.47. The summed E-state index contributed by atoms with van der Waals surface area (Å²) >= 11 is 6.08. The van der Waals surface area contributed by atoms with Crippen molar-refractivity contribution in [3.05, 3.63) is 22.7 Å². The number of hydrogen-bond acceptors (Lipinski definition) is 6. The monoisotopic (exact) mass is 372 g/mol. The van der Waals surface area contributed by atoms with E-state index in [9.17, 15) is 14.4 Å². The average molecular weight is 373 g/mol. The maximum absolute atomic E-state index is 12.1. The van der Waals surface area contributed by atoms with E-state index in [0.717, 1.165) is 0 Å². The number of benzene rings is 1. The number of carbonyl (C=O) groups excluding carboxylic acids is 3. The van der Waals surface area contributed by atoms with E-state index in [2.05, 4.69) is 5.32 Å². The molecule has 0 aliphatic carbocycles. The quantitative estimate of drug-likeness (QED) is 0.687. The Balaban J connectivity index is 2.67. The summed E-state index contributed by atoms with van der Waals surface area (Å²) in [6.07, 6.45) is 0. The molecule has 8 nitrogen and oxygen atoms in total. The standard InChI is InChI=1S/C16H21ClN2O6/c1-5-24-15-11(17)6-10(7-12(15)23-4)16(22)25-9-13(20)18-8-14(21)19(2)3/h6-7H,5,8-9H2,1-4H3,(H,18,20). The third-order valence-electron chi connectivity index (χ3n) is 3.02. The summed E-state index contributed by atoms with van der Waals surface area (Å²) in [4.78, 5) is 36.4. The first kappa shape index (κ1) is 20.6. The van der Waals surface area contributed by atoms with E-state index in [4.69, 9.17) is 25.8 Å². The number of rotatable bonds is 8. The Morgan fingerprint density at radius 1 is 1.24 bits per heavy atom. The maximum atomic E-state index is 12.1. The van der Waals surface area contributed by atoms with Crippen LogP contribution < -0.4 is 14.8 Å². The van der Waals surface area contributed by atoms with Crippen LogP contribution in [0.3, 0.4) is 0 Å². The molecule has 9 heteroatoms. The molecule has 0 atom stereocenters. The molecule has 0 spiro atoms. The molecule has 0 heterocycles. The highest BCUT2D eigenvalue weighted by atomic mass is 35.5. The molecule has 0 bridgehead atoms. The van der Waals surface area contributed by atoms with Gasteiger partial charge in [-0.15, -0.1) is 0 Å². The third-order valence-corrected chi connectivity index (χ3v) is 3.30. The average Bonchev–Trinajstić information content (AvgIpc) is 2.58. The highest BCUT2D eigenvalue weighted by Gasteiger charge is 2.17. The lowest BCUT2D eigenvalue weighted by Gasteiger charge is -2.13. The first-order valence-corrected chi connectivity index (χ1v) is 7.82. The number of hydrogen-bond donors (Lipinski definition) is 1. The number of esters is 1. The topological polar surface area (TPSA) is 94.2 Å². The van der Waals surface area contributed by atoms with Gasteiger partial charge in [-0.1, -0.05) is 11.6 Å². The van der Waals surface area contributed by atoms with Gasteiger partial charge in [-0.25, -0.2) is 4.79 Å². The number of nitrogens with one attached hydrogen (secondary N) is 1. The Hall–Kier alpha value is -2.48. The van der Waals surface area contributed by atoms with Gasteiger partial charge in [-0.3, -0.25) is 9.59 Å². The molecule has 2 amide bonds. The fourth-order valence-corrected chi connectivity index (χ4v) is 1.99. The molecule has 0 saturated carbocycles. The second-order valence-corrected chi connectivity index (χ2v) is 5.47. The van der Waals surface area contributed by atoms with E-state index in [1.54, 1.807) is 21.0 Å². The molecule has 0 aliphatic rings. The van der Waals surface area contributed by atoms with Crippen LogP contribution in [0.1, 0.15) is 17.3 Å². The van der Waals surface area contributed by atoms with Crippen LogP contribution in [0.4, 0.5) is 0 Å². The van der Waals surface area contributed by atoms with Gasteiger partial charge in [-0.2, -0.15) is 0 Å². The smallest absolute Gasteiger partial charge is 0.338 e. The Bertz CT molecular complexity index is 648. The lowest BCUT2D eigenvalue weighted by Crippen LogP contribution is -2.38. The van der Waals surface area contributed by atoms with Crippen molar-refractivity contribution in [1.82, 2.24) is 10.2 Å². The van der Waals surface area contributed by atoms with E-state index in [-0.39, 0.29) is 28.8 Å². The fraction of sp³-hybridized carbons (Fsp3) is 0.438. The van der Waals surface area contributed by atoms with Crippen molar-refractivity contribution in [2.75, 3.05) is 41.0 Å². The Kier molecular flexibility index (Phi) is 8.00. The molecule has 138 valence electrons. The van der Waals surface area contributed by atoms with Gasteiger partial charge in [0.2, 0.25) is 5.91 Å². The molecule has 1 aromatic carbocycles. The molecule has 1 rings (SSSR count). The molecule has 0 aliphatic heterocycles. The summed E-state index contributed by atoms with van der Waals surface area (Å²) in [7, 11) is 4.55. The Labute approximate surface area is 151 Å². The molecule has 1 aromatic rings. The van der Waals surface area contributed by atoms with Gasteiger partial charge in [0.15, 0.2) is 18.1 Å². The van der Waals surface area contributed by atoms with Crippen molar-refractivity contribution in [1.29, 1.82) is 0 Å². The predicted molar refractivity (Wildman–Crippen MR) is 91.2 cm³/mol. The summed E-state index contributed by atoms with van der Waals surface area (Å²) < 4.78 is 15.4. The lowest BCUT2D eigenvalue weighted by atomic mass is 10.2. The second kappa shape index (κ2) is 9.73. The van der Waals surface area contributed by atoms with E-state index in [0.29, 0.717) is 12.4 Å². The van der Waals surface area contributed by atoms with Crippen molar-refractivity contribution in [2.24, 2.45) is 0 Å². The van der Waals surface area contributed by atoms with Crippen LogP contribution in [0.15, 0.2) is 12.1 Å². The van der Waals surface area contributed by atoms with Gasteiger partial charge in [0.05, 0.1) is 30.8 Å². The Morgan fingerprint density at radius 2 is 1.92 bits per heavy atom. The van der Waals surface area contributed by atoms with Crippen molar-refractivity contribution >= 4 is 29.4 Å². The zero-order valence-electron chi connectivity index (χ0n) is 14.6. The fourth-order valence-electron chi connectivity index (χ4n) is 1.72. The first-order valence-electron chi connectivity index (χ1n) is 7.44. The number of methoxy groups -OCH3 is 1. The van der Waals surface area contributed by atoms with Gasteiger partial charge < -0.3 is 24.4 Å². The molecule has 1 N–H and O–H groups in total. The SMILES string of the molecule is CCOc1c(Cl)cc(C(=O)OCC(=O)NCC(=O)N(C)C)cc1OC. The number of nitrogens with zero attached hydrogens (tertiary/aromatic N) is 1. The summed E-state index contributed by atoms with van der Waals surface area (Å²) in [6, 6.07) is 2.78. The van der Waals surface area contributed by atoms with E-state index >= 15 is 0 Å². The number of carbonyl (C=O) groups is 3. The third kappa shape index (κ3) is 6.15. The van der Waals surface area contributed by atoms with Gasteiger partial charge in [-0.05, 0) is 19.1 Å². The summed E-state index contributed by atoms with van der Waals surface area (Å²) in [5.74, 6) is -1.02. The first-order chi connectivity index (χ1) is 11.8. The van der Waals surface area contributed by atoms with E-state index in [1.807, 2.05) is 0 Å². The van der Waals surface area contributed by atoms with Crippen molar-refractivity contribution in [3.8, 4) is 11.5 Å². The molecule has 0 aromatic heterocycles. The largest absolute Gasteiger partial charge is 0.493 e. The van der Waals surface area contributed by atoms with E-state index < -0.39 is 18.5 Å². The summed E-state index contributed by atoms with van der Waals surface area (Å²) in [5.41, 5.74) is 0.113. The maximum Gasteiger partial charge on any atom is 0.338 e. The lowest BCUT2D eigenvalue weighted by molar-refractivity contribution is -0.131. The van der Waals surface area contributed by atoms with Crippen molar-refractivity contribution in [3.63, 3.8) is 0 Å². The van der Waals surface area contributed by atoms with Gasteiger partial charge >= 0.3 is 5.97 Å². The second-order valence-electron chi connectivity index (χ2n) is 5.06. The zero-order valence-corrected chi connectivity index (χ0v) is 15.3. The minimum atomic E-state index is -0.752. The minimum Gasteiger partial charge on any atom is -0.493 e. The normalized spacial score (nSPS) is 9.96. The van der Waals surface area contributed by atoms with Crippen molar-refractivity contribution in [2.45, 2.75) is 6.92 Å². The molecule has 0 saturated heterocycles. The molecule has 0 unspecified atom stereocenters. The molecule has 0 radical (unpaired) electrons. The van der Waals surface area contributed by atoms with Gasteiger partial charge in [0.25, 0.3) is 5.91 Å². The molecular formula is C16H21ClN2O6. The van der Waals surface area contributed by atoms with Crippen LogP contribution in [-0.2, 0) is 14.3 Å². The highest BCUT2D eigenvalue weighted by Crippen LogP contribution is 2.36. The number of ether oxygens (including phenoxy) is 3. The zero-order chi connectivity index (χ0) is 19.0. The predicted octanol–water partition coefficient (Wildman–Crippen LogP) is 1.11. The van der Waals surface area contributed by atoms with Crippen LogP contribution in [0, 0.1) is 0 Å². The van der Waals surface area contributed by atoms with E-state index in [1.165, 1.54) is 24.1 Å². The van der Waals surface area contributed by atoms with Crippen LogP contribution >= 0.6 is 11.6 Å². The van der Waals surface area contributed by atoms with Gasteiger partial charge in [0.1, 0.15) is 0 Å². The molecular weight excluding hydrogens is 352 g/mol. The number of halogens is 1. The molecule has 25 heavy (non-hydrogen) atoms. The van der Waals surface area contributed by atoms with Crippen LogP contribution in [0.5, 0.6) is 11.5 Å². The van der Waals surface area contributed by atoms with Crippen LogP contribution in [0.2, 0.25) is 5.02 Å². The number of amides is 2. The molecule has 0 fully saturated rings. The van der Waals surface area contributed by atoms with Crippen molar-refractivity contribution < 1.29 is 28.6 Å². The van der Waals surface area contributed by atoms with Crippen LogP contribution in [0.25, 0.3) is 0 Å². The van der Waals surface area contributed by atoms with Crippen LogP contribution in [-0.4, -0.2) is 63.6 Å². The van der Waals surface area contributed by atoms with Gasteiger partial charge in [0, 0.05) is 14.1 Å². The highest BCUT2D eigenvalue weighted by molar-refractivity contribution is 6.32. The number of likely N-dealkylation sites (N-methyl/N-ethyl adjacent to an activating group) is 1.